The number of nitrogen functional groups attached to an aromatic ring is 1. The predicted molar refractivity (Wildman–Crippen MR) is 79.0 cm³/mol. The Balaban J connectivity index is 1.79. The first-order valence-electron chi connectivity index (χ1n) is 5.89. The highest BCUT2D eigenvalue weighted by molar-refractivity contribution is 7.99. The van der Waals surface area contributed by atoms with E-state index in [1.165, 1.54) is 4.90 Å². The van der Waals surface area contributed by atoms with Crippen LogP contribution in [0.15, 0.2) is 47.5 Å². The fraction of sp³-hybridized carbons (Fsp3) is 0.214. The van der Waals surface area contributed by atoms with Gasteiger partial charge in [0.05, 0.1) is 11.9 Å². The van der Waals surface area contributed by atoms with Crippen LogP contribution < -0.4 is 11.1 Å². The molecule has 0 atom stereocenters. The maximum atomic E-state index is 5.66. The second-order valence-corrected chi connectivity index (χ2v) is 5.19. The monoisotopic (exact) mass is 259 g/mol. The summed E-state index contributed by atoms with van der Waals surface area (Å²) in [5, 5.41) is 3.32. The molecule has 0 saturated heterocycles. The molecule has 0 unspecified atom stereocenters. The Morgan fingerprint density at radius 1 is 1.28 bits per heavy atom. The van der Waals surface area contributed by atoms with Crippen molar-refractivity contribution >= 4 is 23.3 Å². The van der Waals surface area contributed by atoms with Gasteiger partial charge in [0.15, 0.2) is 0 Å². The Bertz CT molecular complexity index is 500. The highest BCUT2D eigenvalue weighted by Crippen LogP contribution is 2.17. The third kappa shape index (κ3) is 3.67. The lowest BCUT2D eigenvalue weighted by atomic mass is 10.2. The van der Waals surface area contributed by atoms with Crippen LogP contribution in [-0.4, -0.2) is 17.3 Å². The number of pyridine rings is 1. The summed E-state index contributed by atoms with van der Waals surface area (Å²) in [5.41, 5.74) is 7.45. The van der Waals surface area contributed by atoms with Gasteiger partial charge in [0.1, 0.15) is 5.82 Å². The topological polar surface area (TPSA) is 50.9 Å². The van der Waals surface area contributed by atoms with Crippen LogP contribution in [0.5, 0.6) is 0 Å². The van der Waals surface area contributed by atoms with Gasteiger partial charge < -0.3 is 11.1 Å². The van der Waals surface area contributed by atoms with Crippen molar-refractivity contribution in [2.75, 3.05) is 23.3 Å². The molecule has 0 fully saturated rings. The van der Waals surface area contributed by atoms with Gasteiger partial charge in [0.2, 0.25) is 0 Å². The average Bonchev–Trinajstić information content (AvgIpc) is 2.38. The molecule has 0 saturated carbocycles. The van der Waals surface area contributed by atoms with E-state index in [9.17, 15) is 0 Å². The largest absolute Gasteiger partial charge is 0.397 e. The Hall–Kier alpha value is -1.68. The summed E-state index contributed by atoms with van der Waals surface area (Å²) >= 11 is 1.83. The summed E-state index contributed by atoms with van der Waals surface area (Å²) in [4.78, 5) is 5.57. The molecular weight excluding hydrogens is 242 g/mol. The normalized spacial score (nSPS) is 10.3. The summed E-state index contributed by atoms with van der Waals surface area (Å²) < 4.78 is 0. The Morgan fingerprint density at radius 3 is 2.78 bits per heavy atom. The van der Waals surface area contributed by atoms with Gasteiger partial charge in [-0.05, 0) is 30.7 Å². The highest BCUT2D eigenvalue weighted by atomic mass is 32.2. The quantitative estimate of drug-likeness (QED) is 0.639. The van der Waals surface area contributed by atoms with Crippen molar-refractivity contribution in [3.63, 3.8) is 0 Å². The van der Waals surface area contributed by atoms with E-state index in [4.69, 9.17) is 5.73 Å². The minimum absolute atomic E-state index is 0.705. The first-order valence-corrected chi connectivity index (χ1v) is 6.88. The summed E-state index contributed by atoms with van der Waals surface area (Å²) in [6.45, 7) is 2.90. The third-order valence-electron chi connectivity index (χ3n) is 2.51. The van der Waals surface area contributed by atoms with Gasteiger partial charge in [-0.25, -0.2) is 4.98 Å². The molecule has 18 heavy (non-hydrogen) atoms. The summed E-state index contributed by atoms with van der Waals surface area (Å²) in [7, 11) is 0. The molecule has 0 aliphatic carbocycles. The van der Waals surface area contributed by atoms with Crippen LogP contribution >= 0.6 is 11.8 Å². The average molecular weight is 259 g/mol. The summed E-state index contributed by atoms with van der Waals surface area (Å²) in [6, 6.07) is 12.3. The molecule has 0 amide bonds. The Morgan fingerprint density at radius 2 is 2.06 bits per heavy atom. The van der Waals surface area contributed by atoms with E-state index in [1.807, 2.05) is 30.8 Å². The van der Waals surface area contributed by atoms with Gasteiger partial charge in [-0.3, -0.25) is 0 Å². The fourth-order valence-electron chi connectivity index (χ4n) is 1.64. The van der Waals surface area contributed by atoms with Crippen LogP contribution in [0.3, 0.4) is 0 Å². The zero-order valence-electron chi connectivity index (χ0n) is 10.4. The van der Waals surface area contributed by atoms with Crippen molar-refractivity contribution in [1.29, 1.82) is 0 Å². The SMILES string of the molecule is Cc1cc(N)cnc1NCCSc1ccccc1. The van der Waals surface area contributed by atoms with Crippen LogP contribution in [0.4, 0.5) is 11.5 Å². The van der Waals surface area contributed by atoms with Crippen LogP contribution in [0.2, 0.25) is 0 Å². The zero-order valence-corrected chi connectivity index (χ0v) is 11.2. The second-order valence-electron chi connectivity index (χ2n) is 4.02. The summed E-state index contributed by atoms with van der Waals surface area (Å²) in [6.07, 6.45) is 1.68. The molecule has 2 rings (SSSR count). The number of nitrogens with zero attached hydrogens (tertiary/aromatic N) is 1. The molecule has 94 valence electrons. The first-order chi connectivity index (χ1) is 8.75. The molecule has 1 aromatic heterocycles. The minimum atomic E-state index is 0.705. The summed E-state index contributed by atoms with van der Waals surface area (Å²) in [5.74, 6) is 1.92. The molecule has 0 radical (unpaired) electrons. The molecule has 2 aromatic rings. The lowest BCUT2D eigenvalue weighted by molar-refractivity contribution is 1.15. The van der Waals surface area contributed by atoms with E-state index in [-0.39, 0.29) is 0 Å². The van der Waals surface area contributed by atoms with E-state index < -0.39 is 0 Å². The minimum Gasteiger partial charge on any atom is -0.397 e. The van der Waals surface area contributed by atoms with Crippen molar-refractivity contribution in [2.24, 2.45) is 0 Å². The Kier molecular flexibility index (Phi) is 4.47. The lowest BCUT2D eigenvalue weighted by Crippen LogP contribution is -2.07. The van der Waals surface area contributed by atoms with Gasteiger partial charge in [0, 0.05) is 17.2 Å². The van der Waals surface area contributed by atoms with E-state index >= 15 is 0 Å². The Labute approximate surface area is 112 Å². The number of benzene rings is 1. The first kappa shape index (κ1) is 12.8. The van der Waals surface area contributed by atoms with Crippen molar-refractivity contribution in [3.05, 3.63) is 48.2 Å². The molecule has 0 spiro atoms. The standard InChI is InChI=1S/C14H17N3S/c1-11-9-12(15)10-17-14(11)16-7-8-18-13-5-3-2-4-6-13/h2-6,9-10H,7-8,15H2,1H3,(H,16,17). The molecular formula is C14H17N3S. The maximum absolute atomic E-state index is 5.66. The van der Waals surface area contributed by atoms with E-state index in [2.05, 4.69) is 34.6 Å². The van der Waals surface area contributed by atoms with Crippen LogP contribution in [0, 0.1) is 6.92 Å². The predicted octanol–water partition coefficient (Wildman–Crippen LogP) is 3.18. The maximum Gasteiger partial charge on any atom is 0.129 e. The number of aryl methyl sites for hydroxylation is 1. The molecule has 0 aliphatic heterocycles. The van der Waals surface area contributed by atoms with Crippen LogP contribution in [0.25, 0.3) is 0 Å². The molecule has 0 bridgehead atoms. The van der Waals surface area contributed by atoms with Crippen molar-refractivity contribution in [2.45, 2.75) is 11.8 Å². The van der Waals surface area contributed by atoms with Crippen LogP contribution in [0.1, 0.15) is 5.56 Å². The number of nitrogens with two attached hydrogens (primary N) is 1. The van der Waals surface area contributed by atoms with Gasteiger partial charge in [0.25, 0.3) is 0 Å². The van der Waals surface area contributed by atoms with E-state index in [1.54, 1.807) is 6.20 Å². The fourth-order valence-corrected chi connectivity index (χ4v) is 2.43. The molecule has 3 nitrogen and oxygen atoms in total. The van der Waals surface area contributed by atoms with Gasteiger partial charge in [-0.15, -0.1) is 11.8 Å². The van der Waals surface area contributed by atoms with Gasteiger partial charge >= 0.3 is 0 Å². The number of nitrogens with one attached hydrogen (secondary N) is 1. The lowest BCUT2D eigenvalue weighted by Gasteiger charge is -2.08. The zero-order chi connectivity index (χ0) is 12.8. The molecule has 1 heterocycles. The molecule has 3 N–H and O–H groups in total. The number of anilines is 2. The number of rotatable bonds is 5. The smallest absolute Gasteiger partial charge is 0.129 e. The van der Waals surface area contributed by atoms with Gasteiger partial charge in [-0.1, -0.05) is 18.2 Å². The highest BCUT2D eigenvalue weighted by Gasteiger charge is 1.99. The second kappa shape index (κ2) is 6.31. The van der Waals surface area contributed by atoms with Crippen LogP contribution in [-0.2, 0) is 0 Å². The molecule has 1 aromatic carbocycles. The third-order valence-corrected chi connectivity index (χ3v) is 3.52. The molecule has 4 heteroatoms. The van der Waals surface area contributed by atoms with Crippen molar-refractivity contribution in [1.82, 2.24) is 4.98 Å². The van der Waals surface area contributed by atoms with Gasteiger partial charge in [-0.2, -0.15) is 0 Å². The van der Waals surface area contributed by atoms with Crippen molar-refractivity contribution < 1.29 is 0 Å². The number of hydrogen-bond donors (Lipinski definition) is 2. The van der Waals surface area contributed by atoms with Crippen molar-refractivity contribution in [3.8, 4) is 0 Å². The number of aromatic nitrogens is 1. The molecule has 0 aliphatic rings. The number of thioether (sulfide) groups is 1. The van der Waals surface area contributed by atoms with E-state index in [0.29, 0.717) is 5.69 Å². The number of hydrogen-bond acceptors (Lipinski definition) is 4. The van der Waals surface area contributed by atoms with E-state index in [0.717, 1.165) is 23.7 Å².